The Morgan fingerprint density at radius 2 is 0.889 bits per heavy atom. The van der Waals surface area contributed by atoms with E-state index in [0.29, 0.717) is 12.8 Å². The van der Waals surface area contributed by atoms with Crippen LogP contribution in [0.5, 0.6) is 0 Å². The zero-order valence-corrected chi connectivity index (χ0v) is 30.0. The van der Waals surface area contributed by atoms with Crippen LogP contribution >= 0.6 is 0 Å². The highest BCUT2D eigenvalue weighted by Crippen LogP contribution is 2.14. The molecule has 0 aromatic heterocycles. The van der Waals surface area contributed by atoms with Gasteiger partial charge in [-0.15, -0.1) is 0 Å². The summed E-state index contributed by atoms with van der Waals surface area (Å²) in [6.07, 6.45) is 41.3. The molecule has 0 spiro atoms. The summed E-state index contributed by atoms with van der Waals surface area (Å²) in [5.41, 5.74) is 0. The average Bonchev–Trinajstić information content (AvgIpc) is 3.04. The van der Waals surface area contributed by atoms with Crippen molar-refractivity contribution in [2.75, 3.05) is 6.61 Å². The molecule has 5 heteroatoms. The lowest BCUT2D eigenvalue weighted by molar-refractivity contribution is -0.124. The Morgan fingerprint density at radius 1 is 0.533 bits per heavy atom. The zero-order chi connectivity index (χ0) is 33.1. The van der Waals surface area contributed by atoms with Gasteiger partial charge in [0.1, 0.15) is 6.10 Å². The summed E-state index contributed by atoms with van der Waals surface area (Å²) in [5, 5.41) is 33.3. The van der Waals surface area contributed by atoms with Crippen LogP contribution in [0.1, 0.15) is 200 Å². The van der Waals surface area contributed by atoms with Crippen LogP contribution in [0.4, 0.5) is 0 Å². The van der Waals surface area contributed by atoms with Crippen molar-refractivity contribution in [2.24, 2.45) is 0 Å². The van der Waals surface area contributed by atoms with E-state index in [9.17, 15) is 20.1 Å². The summed E-state index contributed by atoms with van der Waals surface area (Å²) < 4.78 is 0. The Kier molecular flexibility index (Phi) is 34.8. The highest BCUT2D eigenvalue weighted by molar-refractivity contribution is 5.76. The first kappa shape index (κ1) is 43.8. The molecule has 3 atom stereocenters. The van der Waals surface area contributed by atoms with Gasteiger partial charge in [0.05, 0.1) is 18.8 Å². The lowest BCUT2D eigenvalue weighted by Gasteiger charge is -2.26. The topological polar surface area (TPSA) is 89.8 Å². The second-order valence-electron chi connectivity index (χ2n) is 13.5. The summed E-state index contributed by atoms with van der Waals surface area (Å²) in [4.78, 5) is 12.4. The summed E-state index contributed by atoms with van der Waals surface area (Å²) in [6.45, 7) is 4.15. The SMILES string of the molecule is CCCCCCCCCC/C=C/CCCC(O)C(O)C(CO)NC(=O)CCCCCCC/C=C\CCCCCCCCCCC. The number of hydrogen-bond acceptors (Lipinski definition) is 4. The molecule has 266 valence electrons. The second kappa shape index (κ2) is 35.7. The molecule has 0 heterocycles. The Balaban J connectivity index is 3.71. The maximum Gasteiger partial charge on any atom is 0.220 e. The van der Waals surface area contributed by atoms with Crippen molar-refractivity contribution in [1.29, 1.82) is 0 Å². The third-order valence-corrected chi connectivity index (χ3v) is 9.03. The minimum Gasteiger partial charge on any atom is -0.394 e. The standard InChI is InChI=1S/C40H77NO4/c1-3-5-7-9-11-13-15-17-18-19-20-21-23-25-27-29-31-33-35-39(44)41-37(36-42)40(45)38(43)34-32-30-28-26-24-22-16-14-12-10-8-6-4-2/h20-21,26,28,37-38,40,42-43,45H,3-19,22-25,27,29-36H2,1-2H3,(H,41,44)/b21-20-,28-26+. The van der Waals surface area contributed by atoms with Gasteiger partial charge >= 0.3 is 0 Å². The average molecular weight is 636 g/mol. The minimum absolute atomic E-state index is 0.163. The molecule has 0 aliphatic heterocycles. The molecule has 3 unspecified atom stereocenters. The van der Waals surface area contributed by atoms with Crippen molar-refractivity contribution in [3.05, 3.63) is 24.3 Å². The molecule has 0 aromatic carbocycles. The number of rotatable bonds is 35. The van der Waals surface area contributed by atoms with Crippen molar-refractivity contribution in [3.8, 4) is 0 Å². The van der Waals surface area contributed by atoms with E-state index in [1.54, 1.807) is 0 Å². The Morgan fingerprint density at radius 3 is 1.29 bits per heavy atom. The number of hydrogen-bond donors (Lipinski definition) is 4. The van der Waals surface area contributed by atoms with Gasteiger partial charge in [-0.2, -0.15) is 0 Å². The fourth-order valence-corrected chi connectivity index (χ4v) is 5.92. The molecule has 0 saturated heterocycles. The van der Waals surface area contributed by atoms with Crippen LogP contribution < -0.4 is 5.32 Å². The van der Waals surface area contributed by atoms with Crippen LogP contribution in [-0.4, -0.2) is 46.1 Å². The van der Waals surface area contributed by atoms with Crippen molar-refractivity contribution < 1.29 is 20.1 Å². The van der Waals surface area contributed by atoms with Crippen molar-refractivity contribution in [2.45, 2.75) is 218 Å². The predicted molar refractivity (Wildman–Crippen MR) is 195 cm³/mol. The third kappa shape index (κ3) is 31.2. The Labute approximate surface area is 280 Å². The van der Waals surface area contributed by atoms with Crippen LogP contribution in [0.3, 0.4) is 0 Å². The minimum atomic E-state index is -1.16. The highest BCUT2D eigenvalue weighted by atomic mass is 16.3. The first-order chi connectivity index (χ1) is 22.1. The van der Waals surface area contributed by atoms with E-state index in [2.05, 4.69) is 43.5 Å². The number of allylic oxidation sites excluding steroid dienone is 4. The van der Waals surface area contributed by atoms with E-state index < -0.39 is 18.2 Å². The number of nitrogens with one attached hydrogen (secondary N) is 1. The molecule has 0 aliphatic carbocycles. The maximum atomic E-state index is 12.4. The predicted octanol–water partition coefficient (Wildman–Crippen LogP) is 10.7. The first-order valence-electron chi connectivity index (χ1n) is 19.6. The fourth-order valence-electron chi connectivity index (χ4n) is 5.92. The van der Waals surface area contributed by atoms with Crippen LogP contribution in [0.15, 0.2) is 24.3 Å². The molecular weight excluding hydrogens is 558 g/mol. The van der Waals surface area contributed by atoms with Crippen molar-refractivity contribution in [3.63, 3.8) is 0 Å². The van der Waals surface area contributed by atoms with Crippen LogP contribution in [0.2, 0.25) is 0 Å². The molecule has 0 aliphatic rings. The summed E-state index contributed by atoms with van der Waals surface area (Å²) >= 11 is 0. The third-order valence-electron chi connectivity index (χ3n) is 9.03. The van der Waals surface area contributed by atoms with Gasteiger partial charge in [-0.1, -0.05) is 154 Å². The number of aliphatic hydroxyl groups excluding tert-OH is 3. The van der Waals surface area contributed by atoms with Crippen LogP contribution in [-0.2, 0) is 4.79 Å². The summed E-state index contributed by atoms with van der Waals surface area (Å²) in [6, 6.07) is -0.827. The molecule has 1 amide bonds. The summed E-state index contributed by atoms with van der Waals surface area (Å²) in [5.74, 6) is -0.163. The molecule has 0 saturated carbocycles. The summed E-state index contributed by atoms with van der Waals surface area (Å²) in [7, 11) is 0. The number of aliphatic hydroxyl groups is 3. The maximum absolute atomic E-state index is 12.4. The smallest absolute Gasteiger partial charge is 0.220 e. The number of amides is 1. The molecule has 0 rings (SSSR count). The highest BCUT2D eigenvalue weighted by Gasteiger charge is 2.26. The quantitative estimate of drug-likeness (QED) is 0.0412. The number of unbranched alkanes of at least 4 members (excludes halogenated alkanes) is 23. The van der Waals surface area contributed by atoms with Gasteiger partial charge in [-0.25, -0.2) is 0 Å². The Bertz CT molecular complexity index is 665. The van der Waals surface area contributed by atoms with Crippen LogP contribution in [0, 0.1) is 0 Å². The lowest BCUT2D eigenvalue weighted by atomic mass is 10.0. The first-order valence-corrected chi connectivity index (χ1v) is 19.6. The van der Waals surface area contributed by atoms with E-state index in [1.807, 2.05) is 0 Å². The molecular formula is C40H77NO4. The van der Waals surface area contributed by atoms with Gasteiger partial charge in [0.2, 0.25) is 5.91 Å². The molecule has 0 fully saturated rings. The largest absolute Gasteiger partial charge is 0.394 e. The van der Waals surface area contributed by atoms with E-state index in [-0.39, 0.29) is 12.5 Å². The molecule has 0 bridgehead atoms. The van der Waals surface area contributed by atoms with Crippen molar-refractivity contribution in [1.82, 2.24) is 5.32 Å². The van der Waals surface area contributed by atoms with E-state index >= 15 is 0 Å². The normalized spacial score (nSPS) is 14.0. The van der Waals surface area contributed by atoms with Crippen LogP contribution in [0.25, 0.3) is 0 Å². The van der Waals surface area contributed by atoms with Gasteiger partial charge in [-0.05, 0) is 64.2 Å². The molecule has 45 heavy (non-hydrogen) atoms. The second-order valence-corrected chi connectivity index (χ2v) is 13.5. The monoisotopic (exact) mass is 636 g/mol. The lowest BCUT2D eigenvalue weighted by Crippen LogP contribution is -2.50. The van der Waals surface area contributed by atoms with Gasteiger partial charge in [0.25, 0.3) is 0 Å². The molecule has 0 radical (unpaired) electrons. The van der Waals surface area contributed by atoms with Gasteiger partial charge < -0.3 is 20.6 Å². The van der Waals surface area contributed by atoms with Gasteiger partial charge in [0, 0.05) is 6.42 Å². The van der Waals surface area contributed by atoms with Crippen molar-refractivity contribution >= 4 is 5.91 Å². The zero-order valence-electron chi connectivity index (χ0n) is 30.0. The Hall–Kier alpha value is -1.17. The molecule has 5 nitrogen and oxygen atoms in total. The molecule has 0 aromatic rings. The van der Waals surface area contributed by atoms with E-state index in [0.717, 1.165) is 44.9 Å². The number of carbonyl (C=O) groups excluding carboxylic acids is 1. The van der Waals surface area contributed by atoms with E-state index in [4.69, 9.17) is 0 Å². The fraction of sp³-hybridized carbons (Fsp3) is 0.875. The number of carbonyl (C=O) groups is 1. The molecule has 4 N–H and O–H groups in total. The van der Waals surface area contributed by atoms with E-state index in [1.165, 1.54) is 128 Å². The van der Waals surface area contributed by atoms with Gasteiger partial charge in [-0.3, -0.25) is 4.79 Å². The van der Waals surface area contributed by atoms with Gasteiger partial charge in [0.15, 0.2) is 0 Å².